The van der Waals surface area contributed by atoms with Crippen LogP contribution in [0.4, 0.5) is 5.82 Å². The summed E-state index contributed by atoms with van der Waals surface area (Å²) >= 11 is 0. The second kappa shape index (κ2) is 5.29. The maximum Gasteiger partial charge on any atom is 0.154 e. The molecule has 1 saturated carbocycles. The third kappa shape index (κ3) is 3.27. The Bertz CT molecular complexity index is 569. The minimum Gasteiger partial charge on any atom is -0.350 e. The van der Waals surface area contributed by atoms with Gasteiger partial charge in [0.15, 0.2) is 15.7 Å². The maximum absolute atomic E-state index is 11.6. The lowest BCUT2D eigenvalue weighted by molar-refractivity contribution is 0.565. The summed E-state index contributed by atoms with van der Waals surface area (Å²) in [6.45, 7) is 3.17. The fourth-order valence-corrected chi connectivity index (χ4v) is 4.03. The molecule has 1 aromatic rings. The van der Waals surface area contributed by atoms with E-state index >= 15 is 0 Å². The molecule has 1 saturated heterocycles. The van der Waals surface area contributed by atoms with Crippen LogP contribution < -0.4 is 10.2 Å². The highest BCUT2D eigenvalue weighted by atomic mass is 32.2. The van der Waals surface area contributed by atoms with Gasteiger partial charge in [0.2, 0.25) is 0 Å². The summed E-state index contributed by atoms with van der Waals surface area (Å²) in [7, 11) is -2.89. The van der Waals surface area contributed by atoms with Crippen molar-refractivity contribution in [1.82, 2.24) is 15.5 Å². The molecule has 0 spiro atoms. The van der Waals surface area contributed by atoms with Crippen LogP contribution in [0.25, 0.3) is 0 Å². The van der Waals surface area contributed by atoms with Crippen LogP contribution in [0.15, 0.2) is 12.1 Å². The Balaban J connectivity index is 1.64. The summed E-state index contributed by atoms with van der Waals surface area (Å²) in [6.07, 6.45) is 2.51. The number of aromatic nitrogens is 2. The molecule has 0 radical (unpaired) electrons. The lowest BCUT2D eigenvalue weighted by Gasteiger charge is -2.33. The second-order valence-electron chi connectivity index (χ2n) is 5.69. The molecule has 0 bridgehead atoms. The molecule has 1 aromatic heterocycles. The first kappa shape index (κ1) is 13.8. The molecule has 2 heterocycles. The van der Waals surface area contributed by atoms with Gasteiger partial charge in [-0.3, -0.25) is 0 Å². The van der Waals surface area contributed by atoms with Gasteiger partial charge in [-0.25, -0.2) is 8.42 Å². The molecule has 110 valence electrons. The van der Waals surface area contributed by atoms with E-state index < -0.39 is 9.84 Å². The highest BCUT2D eigenvalue weighted by Crippen LogP contribution is 2.20. The Labute approximate surface area is 119 Å². The lowest BCUT2D eigenvalue weighted by Crippen LogP contribution is -2.47. The SMILES string of the molecule is CC1CS(=O)(=O)CCN1c1ccc(CNC2CC2)nn1. The van der Waals surface area contributed by atoms with Crippen LogP contribution in [-0.2, 0) is 16.4 Å². The van der Waals surface area contributed by atoms with E-state index in [1.165, 1.54) is 12.8 Å². The summed E-state index contributed by atoms with van der Waals surface area (Å²) in [5.74, 6) is 1.16. The molecule has 3 rings (SSSR count). The van der Waals surface area contributed by atoms with E-state index in [1.54, 1.807) is 0 Å². The number of rotatable bonds is 4. The van der Waals surface area contributed by atoms with Crippen LogP contribution >= 0.6 is 0 Å². The molecule has 0 amide bonds. The number of anilines is 1. The fourth-order valence-electron chi connectivity index (χ4n) is 2.48. The van der Waals surface area contributed by atoms with Crippen molar-refractivity contribution in [3.63, 3.8) is 0 Å². The summed E-state index contributed by atoms with van der Waals surface area (Å²) in [5.41, 5.74) is 0.929. The van der Waals surface area contributed by atoms with Crippen LogP contribution in [0, 0.1) is 0 Å². The van der Waals surface area contributed by atoms with Crippen molar-refractivity contribution in [3.8, 4) is 0 Å². The van der Waals surface area contributed by atoms with Crippen LogP contribution in [-0.4, -0.2) is 48.7 Å². The zero-order chi connectivity index (χ0) is 14.2. The summed E-state index contributed by atoms with van der Waals surface area (Å²) in [5, 5.41) is 11.9. The van der Waals surface area contributed by atoms with E-state index in [-0.39, 0.29) is 17.5 Å². The van der Waals surface area contributed by atoms with Crippen LogP contribution in [0.3, 0.4) is 0 Å². The minimum atomic E-state index is -2.89. The highest BCUT2D eigenvalue weighted by Gasteiger charge is 2.29. The Morgan fingerprint density at radius 2 is 2.15 bits per heavy atom. The molecule has 1 aliphatic heterocycles. The number of sulfone groups is 1. The first-order valence-electron chi connectivity index (χ1n) is 7.06. The normalized spacial score (nSPS) is 25.6. The van der Waals surface area contributed by atoms with Crippen molar-refractivity contribution in [3.05, 3.63) is 17.8 Å². The Morgan fingerprint density at radius 3 is 2.75 bits per heavy atom. The van der Waals surface area contributed by atoms with Gasteiger partial charge in [0.05, 0.1) is 17.2 Å². The number of nitrogens with zero attached hydrogens (tertiary/aromatic N) is 3. The number of hydrogen-bond donors (Lipinski definition) is 1. The van der Waals surface area contributed by atoms with E-state index in [9.17, 15) is 8.42 Å². The van der Waals surface area contributed by atoms with Gasteiger partial charge >= 0.3 is 0 Å². The van der Waals surface area contributed by atoms with Crippen LogP contribution in [0.2, 0.25) is 0 Å². The minimum absolute atomic E-state index is 0.0431. The molecule has 7 heteroatoms. The molecule has 0 aromatic carbocycles. The zero-order valence-corrected chi connectivity index (χ0v) is 12.4. The Kier molecular flexibility index (Phi) is 3.64. The molecule has 1 atom stereocenters. The van der Waals surface area contributed by atoms with Crippen LogP contribution in [0.5, 0.6) is 0 Å². The van der Waals surface area contributed by atoms with Gasteiger partial charge in [-0.2, -0.15) is 5.10 Å². The first-order chi connectivity index (χ1) is 9.53. The molecule has 1 unspecified atom stereocenters. The molecule has 1 aliphatic carbocycles. The average molecular weight is 296 g/mol. The summed E-state index contributed by atoms with van der Waals surface area (Å²) in [4.78, 5) is 2.02. The quantitative estimate of drug-likeness (QED) is 0.864. The number of hydrogen-bond acceptors (Lipinski definition) is 6. The number of nitrogens with one attached hydrogen (secondary N) is 1. The lowest BCUT2D eigenvalue weighted by atomic mass is 10.3. The van der Waals surface area contributed by atoms with Gasteiger partial charge in [0, 0.05) is 25.2 Å². The average Bonchev–Trinajstić information content (AvgIpc) is 3.20. The Morgan fingerprint density at radius 1 is 1.35 bits per heavy atom. The van der Waals surface area contributed by atoms with Crippen molar-refractivity contribution in [1.29, 1.82) is 0 Å². The van der Waals surface area contributed by atoms with Crippen molar-refractivity contribution >= 4 is 15.7 Å². The summed E-state index contributed by atoms with van der Waals surface area (Å²) in [6, 6.07) is 4.51. The third-order valence-electron chi connectivity index (χ3n) is 3.82. The van der Waals surface area contributed by atoms with Crippen LogP contribution in [0.1, 0.15) is 25.5 Å². The highest BCUT2D eigenvalue weighted by molar-refractivity contribution is 7.91. The van der Waals surface area contributed by atoms with Gasteiger partial charge in [0.25, 0.3) is 0 Å². The fraction of sp³-hybridized carbons (Fsp3) is 0.692. The molecule has 2 fully saturated rings. The topological polar surface area (TPSA) is 75.2 Å². The van der Waals surface area contributed by atoms with Gasteiger partial charge in [-0.05, 0) is 31.9 Å². The van der Waals surface area contributed by atoms with Gasteiger partial charge in [0.1, 0.15) is 0 Å². The largest absolute Gasteiger partial charge is 0.350 e. The van der Waals surface area contributed by atoms with Gasteiger partial charge in [-0.15, -0.1) is 5.10 Å². The summed E-state index contributed by atoms with van der Waals surface area (Å²) < 4.78 is 23.2. The molecular formula is C13H20N4O2S. The van der Waals surface area contributed by atoms with Crippen molar-refractivity contribution in [2.75, 3.05) is 23.0 Å². The van der Waals surface area contributed by atoms with Gasteiger partial charge in [-0.1, -0.05) is 0 Å². The second-order valence-corrected chi connectivity index (χ2v) is 7.92. The monoisotopic (exact) mass is 296 g/mol. The molecule has 20 heavy (non-hydrogen) atoms. The van der Waals surface area contributed by atoms with E-state index in [2.05, 4.69) is 15.5 Å². The third-order valence-corrected chi connectivity index (χ3v) is 5.61. The molecular weight excluding hydrogens is 276 g/mol. The van der Waals surface area contributed by atoms with E-state index in [1.807, 2.05) is 24.0 Å². The maximum atomic E-state index is 11.6. The standard InChI is InChI=1S/C13H20N4O2S/c1-10-9-20(18,19)7-6-17(10)13-5-4-12(15-16-13)8-14-11-2-3-11/h4-5,10-11,14H,2-3,6-9H2,1H3. The van der Waals surface area contributed by atoms with Crippen molar-refractivity contribution in [2.24, 2.45) is 0 Å². The predicted molar refractivity (Wildman–Crippen MR) is 77.4 cm³/mol. The van der Waals surface area contributed by atoms with Crippen molar-refractivity contribution in [2.45, 2.75) is 38.4 Å². The van der Waals surface area contributed by atoms with Gasteiger partial charge < -0.3 is 10.2 Å². The molecule has 2 aliphatic rings. The molecule has 1 N–H and O–H groups in total. The molecule has 6 nitrogen and oxygen atoms in total. The van der Waals surface area contributed by atoms with E-state index in [4.69, 9.17) is 0 Å². The predicted octanol–water partition coefficient (Wildman–Crippen LogP) is 0.352. The van der Waals surface area contributed by atoms with E-state index in [0.717, 1.165) is 18.1 Å². The smallest absolute Gasteiger partial charge is 0.154 e. The zero-order valence-electron chi connectivity index (χ0n) is 11.6. The van der Waals surface area contributed by atoms with E-state index in [0.29, 0.717) is 12.6 Å². The first-order valence-corrected chi connectivity index (χ1v) is 8.89. The Hall–Kier alpha value is -1.21. The van der Waals surface area contributed by atoms with Crippen molar-refractivity contribution < 1.29 is 8.42 Å².